The Bertz CT molecular complexity index is 242. The highest BCUT2D eigenvalue weighted by atomic mass is 16.5. The van der Waals surface area contributed by atoms with Crippen LogP contribution in [0.3, 0.4) is 0 Å². The van der Waals surface area contributed by atoms with Crippen LogP contribution >= 0.6 is 0 Å². The minimum atomic E-state index is -0.189. The predicted octanol–water partition coefficient (Wildman–Crippen LogP) is 0.819. The van der Waals surface area contributed by atoms with E-state index in [1.807, 2.05) is 0 Å². The first kappa shape index (κ1) is 13.8. The van der Waals surface area contributed by atoms with Crippen molar-refractivity contribution in [3.8, 4) is 0 Å². The molecule has 0 radical (unpaired) electrons. The fourth-order valence-corrected chi connectivity index (χ4v) is 2.60. The molecule has 104 valence electrons. The summed E-state index contributed by atoms with van der Waals surface area (Å²) in [5.41, 5.74) is 0. The molecule has 2 aliphatic rings. The molecule has 0 amide bonds. The Morgan fingerprint density at radius 3 is 2.11 bits per heavy atom. The lowest BCUT2D eigenvalue weighted by molar-refractivity contribution is -0.142. The molecule has 0 aromatic carbocycles. The van der Waals surface area contributed by atoms with Crippen LogP contribution in [0.2, 0.25) is 0 Å². The number of methoxy groups -OCH3 is 1. The molecule has 5 heteroatoms. The number of ether oxygens (including phenoxy) is 3. The third kappa shape index (κ3) is 4.23. The second-order valence-corrected chi connectivity index (χ2v) is 5.04. The normalized spacial score (nSPS) is 27.9. The van der Waals surface area contributed by atoms with E-state index in [0.717, 1.165) is 52.0 Å². The number of rotatable bonds is 6. The van der Waals surface area contributed by atoms with Crippen LogP contribution in [0.25, 0.3) is 0 Å². The second kappa shape index (κ2) is 7.07. The highest BCUT2D eigenvalue weighted by molar-refractivity contribution is 5.71. The van der Waals surface area contributed by atoms with E-state index in [9.17, 15) is 4.79 Å². The van der Waals surface area contributed by atoms with E-state index in [4.69, 9.17) is 14.2 Å². The Morgan fingerprint density at radius 2 is 1.72 bits per heavy atom. The fraction of sp³-hybridized carbons (Fsp3) is 0.923. The van der Waals surface area contributed by atoms with Gasteiger partial charge in [-0.2, -0.15) is 0 Å². The van der Waals surface area contributed by atoms with Crippen LogP contribution in [0.4, 0.5) is 0 Å². The molecule has 2 aliphatic heterocycles. The first-order valence-corrected chi connectivity index (χ1v) is 6.80. The zero-order valence-corrected chi connectivity index (χ0v) is 11.1. The molecule has 0 N–H and O–H groups in total. The Morgan fingerprint density at radius 1 is 1.17 bits per heavy atom. The number of hydrogen-bond acceptors (Lipinski definition) is 5. The van der Waals surface area contributed by atoms with Crippen molar-refractivity contribution < 1.29 is 19.0 Å². The zero-order chi connectivity index (χ0) is 12.8. The second-order valence-electron chi connectivity index (χ2n) is 5.04. The molecule has 2 heterocycles. The van der Waals surface area contributed by atoms with Crippen LogP contribution < -0.4 is 0 Å². The minimum absolute atomic E-state index is 0.189. The van der Waals surface area contributed by atoms with E-state index in [2.05, 4.69) is 4.90 Å². The van der Waals surface area contributed by atoms with Crippen molar-refractivity contribution >= 4 is 5.97 Å². The summed E-state index contributed by atoms with van der Waals surface area (Å²) < 4.78 is 16.0. The van der Waals surface area contributed by atoms with Crippen LogP contribution in [0.15, 0.2) is 0 Å². The van der Waals surface area contributed by atoms with Crippen LogP contribution in [-0.4, -0.2) is 63.0 Å². The van der Waals surface area contributed by atoms with E-state index in [-0.39, 0.29) is 18.2 Å². The monoisotopic (exact) mass is 257 g/mol. The summed E-state index contributed by atoms with van der Waals surface area (Å²) in [4.78, 5) is 13.5. The summed E-state index contributed by atoms with van der Waals surface area (Å²) in [6, 6.07) is 0. The maximum atomic E-state index is 11.4. The lowest BCUT2D eigenvalue weighted by atomic mass is 10.2. The summed E-state index contributed by atoms with van der Waals surface area (Å²) in [7, 11) is 1.43. The van der Waals surface area contributed by atoms with Gasteiger partial charge in [0.2, 0.25) is 0 Å². The standard InChI is InChI=1S/C13H23NO4/c1-16-13(15)10-14(8-11-4-2-6-17-11)9-12-5-3-7-18-12/h11-12H,2-10H2,1H3/t11-,12-/m0/s1. The quantitative estimate of drug-likeness (QED) is 0.659. The van der Waals surface area contributed by atoms with E-state index < -0.39 is 0 Å². The third-order valence-electron chi connectivity index (χ3n) is 3.55. The van der Waals surface area contributed by atoms with Gasteiger partial charge in [-0.1, -0.05) is 0 Å². The Kier molecular flexibility index (Phi) is 5.41. The molecule has 2 fully saturated rings. The van der Waals surface area contributed by atoms with Crippen LogP contribution in [0, 0.1) is 0 Å². The van der Waals surface area contributed by atoms with Gasteiger partial charge >= 0.3 is 5.97 Å². The van der Waals surface area contributed by atoms with E-state index >= 15 is 0 Å². The van der Waals surface area contributed by atoms with Gasteiger partial charge in [-0.25, -0.2) is 0 Å². The number of carbonyl (C=O) groups is 1. The van der Waals surface area contributed by atoms with Gasteiger partial charge in [0.25, 0.3) is 0 Å². The van der Waals surface area contributed by atoms with Gasteiger partial charge < -0.3 is 14.2 Å². The molecule has 2 atom stereocenters. The molecule has 0 saturated carbocycles. The van der Waals surface area contributed by atoms with Crippen LogP contribution in [-0.2, 0) is 19.0 Å². The van der Waals surface area contributed by atoms with Crippen molar-refractivity contribution in [2.75, 3.05) is 40.0 Å². The zero-order valence-electron chi connectivity index (χ0n) is 11.1. The summed E-state index contributed by atoms with van der Waals surface area (Å²) in [6.07, 6.45) is 4.94. The molecule has 2 saturated heterocycles. The summed E-state index contributed by atoms with van der Waals surface area (Å²) in [6.45, 7) is 3.62. The van der Waals surface area contributed by atoms with Crippen molar-refractivity contribution in [1.82, 2.24) is 4.90 Å². The molecular weight excluding hydrogens is 234 g/mol. The Hall–Kier alpha value is -0.650. The maximum absolute atomic E-state index is 11.4. The third-order valence-corrected chi connectivity index (χ3v) is 3.55. The average Bonchev–Trinajstić information content (AvgIpc) is 3.02. The van der Waals surface area contributed by atoms with Gasteiger partial charge in [0.15, 0.2) is 0 Å². The Labute approximate surface area is 108 Å². The SMILES string of the molecule is COC(=O)CN(C[C@@H]1CCCO1)C[C@@H]1CCCO1. The lowest BCUT2D eigenvalue weighted by Gasteiger charge is -2.26. The van der Waals surface area contributed by atoms with Crippen LogP contribution in [0.5, 0.6) is 0 Å². The first-order chi connectivity index (χ1) is 8.78. The van der Waals surface area contributed by atoms with E-state index in [0.29, 0.717) is 6.54 Å². The maximum Gasteiger partial charge on any atom is 0.319 e. The number of nitrogens with zero attached hydrogens (tertiary/aromatic N) is 1. The summed E-state index contributed by atoms with van der Waals surface area (Å²) in [5.74, 6) is -0.189. The summed E-state index contributed by atoms with van der Waals surface area (Å²) >= 11 is 0. The number of esters is 1. The van der Waals surface area contributed by atoms with Crippen molar-refractivity contribution in [3.63, 3.8) is 0 Å². The van der Waals surface area contributed by atoms with Crippen molar-refractivity contribution in [2.24, 2.45) is 0 Å². The molecule has 2 rings (SSSR count). The number of carbonyl (C=O) groups excluding carboxylic acids is 1. The molecule has 0 aliphatic carbocycles. The highest BCUT2D eigenvalue weighted by Crippen LogP contribution is 2.17. The largest absolute Gasteiger partial charge is 0.468 e. The number of hydrogen-bond donors (Lipinski definition) is 0. The predicted molar refractivity (Wildman–Crippen MR) is 66.4 cm³/mol. The fourth-order valence-electron chi connectivity index (χ4n) is 2.60. The average molecular weight is 257 g/mol. The van der Waals surface area contributed by atoms with Crippen molar-refractivity contribution in [3.05, 3.63) is 0 Å². The Balaban J connectivity index is 1.81. The topological polar surface area (TPSA) is 48.0 Å². The molecule has 5 nitrogen and oxygen atoms in total. The molecule has 18 heavy (non-hydrogen) atoms. The van der Waals surface area contributed by atoms with Gasteiger partial charge in [0, 0.05) is 26.3 Å². The highest BCUT2D eigenvalue weighted by Gasteiger charge is 2.25. The molecule has 0 aromatic rings. The molecular formula is C13H23NO4. The van der Waals surface area contributed by atoms with E-state index in [1.165, 1.54) is 7.11 Å². The smallest absolute Gasteiger partial charge is 0.319 e. The minimum Gasteiger partial charge on any atom is -0.468 e. The van der Waals surface area contributed by atoms with Gasteiger partial charge in [-0.15, -0.1) is 0 Å². The molecule has 0 spiro atoms. The van der Waals surface area contributed by atoms with Gasteiger partial charge in [0.1, 0.15) is 0 Å². The van der Waals surface area contributed by atoms with E-state index in [1.54, 1.807) is 0 Å². The van der Waals surface area contributed by atoms with Crippen LogP contribution in [0.1, 0.15) is 25.7 Å². The molecule has 0 bridgehead atoms. The summed E-state index contributed by atoms with van der Waals surface area (Å²) in [5, 5.41) is 0. The van der Waals surface area contributed by atoms with Crippen molar-refractivity contribution in [2.45, 2.75) is 37.9 Å². The van der Waals surface area contributed by atoms with Crippen molar-refractivity contribution in [1.29, 1.82) is 0 Å². The molecule has 0 aromatic heterocycles. The lowest BCUT2D eigenvalue weighted by Crippen LogP contribution is -2.41. The van der Waals surface area contributed by atoms with Gasteiger partial charge in [-0.05, 0) is 25.7 Å². The first-order valence-electron chi connectivity index (χ1n) is 6.80. The molecule has 0 unspecified atom stereocenters. The van der Waals surface area contributed by atoms with Gasteiger partial charge in [-0.3, -0.25) is 9.69 Å². The van der Waals surface area contributed by atoms with Gasteiger partial charge in [0.05, 0.1) is 25.9 Å².